The lowest BCUT2D eigenvalue weighted by molar-refractivity contribution is -0.142. The number of benzene rings is 3. The van der Waals surface area contributed by atoms with Crippen molar-refractivity contribution in [2.45, 2.75) is 20.3 Å². The number of nitrogens with zero attached hydrogens (tertiary/aromatic N) is 1. The molecule has 9 nitrogen and oxygen atoms in total. The zero-order valence-electron chi connectivity index (χ0n) is 20.3. The summed E-state index contributed by atoms with van der Waals surface area (Å²) in [4.78, 5) is 66.7. The van der Waals surface area contributed by atoms with Crippen LogP contribution in [0.4, 0.5) is 11.4 Å². The minimum Gasteiger partial charge on any atom is -0.466 e. The molecular formula is C28H24N2O7. The second-order valence-electron chi connectivity index (χ2n) is 8.00. The Morgan fingerprint density at radius 1 is 0.811 bits per heavy atom. The van der Waals surface area contributed by atoms with Gasteiger partial charge in [0.05, 0.1) is 47.7 Å². The van der Waals surface area contributed by atoms with Crippen molar-refractivity contribution in [3.8, 4) is 0 Å². The predicted molar refractivity (Wildman–Crippen MR) is 135 cm³/mol. The van der Waals surface area contributed by atoms with Crippen LogP contribution in [-0.2, 0) is 20.7 Å². The summed E-state index contributed by atoms with van der Waals surface area (Å²) in [6.45, 7) is 3.36. The highest BCUT2D eigenvalue weighted by Gasteiger charge is 2.43. The number of hydrogen-bond acceptors (Lipinski definition) is 7. The molecule has 9 heteroatoms. The molecule has 1 aliphatic heterocycles. The molecule has 3 amide bonds. The van der Waals surface area contributed by atoms with Crippen LogP contribution in [0.5, 0.6) is 0 Å². The number of hydrogen-bond donors (Lipinski definition) is 1. The normalized spacial score (nSPS) is 12.2. The van der Waals surface area contributed by atoms with E-state index >= 15 is 0 Å². The molecule has 0 unspecified atom stereocenters. The molecule has 0 spiro atoms. The van der Waals surface area contributed by atoms with E-state index in [0.717, 1.165) is 4.90 Å². The van der Waals surface area contributed by atoms with Gasteiger partial charge in [-0.25, -0.2) is 9.69 Å². The van der Waals surface area contributed by atoms with E-state index in [1.807, 2.05) is 0 Å². The van der Waals surface area contributed by atoms with Crippen molar-refractivity contribution in [3.05, 3.63) is 94.5 Å². The van der Waals surface area contributed by atoms with Crippen LogP contribution in [0.2, 0.25) is 0 Å². The molecule has 0 saturated heterocycles. The van der Waals surface area contributed by atoms with Gasteiger partial charge in [-0.1, -0.05) is 36.4 Å². The summed E-state index contributed by atoms with van der Waals surface area (Å²) in [6.07, 6.45) is -0.446. The van der Waals surface area contributed by atoms with Crippen LogP contribution < -0.4 is 10.2 Å². The third kappa shape index (κ3) is 4.97. The number of nitrogens with one attached hydrogen (secondary N) is 1. The quantitative estimate of drug-likeness (QED) is 0.366. The summed E-state index contributed by atoms with van der Waals surface area (Å²) >= 11 is 0. The van der Waals surface area contributed by atoms with Gasteiger partial charge in [0.2, 0.25) is 0 Å². The van der Waals surface area contributed by atoms with Crippen molar-refractivity contribution < 1.29 is 33.4 Å². The second kappa shape index (κ2) is 10.9. The standard InChI is InChI=1S/C28H24N2O7/c1-3-36-22(31)16-19-20(28(35)37-4-2)15-21(29-25(32)17-11-7-5-8-12-17)24-23(19)26(33)30(27(24)34)18-13-9-6-10-14-18/h5-15H,3-4,16H2,1-2H3,(H,29,32). The molecule has 188 valence electrons. The van der Waals surface area contributed by atoms with E-state index in [1.165, 1.54) is 6.07 Å². The monoisotopic (exact) mass is 500 g/mol. The van der Waals surface area contributed by atoms with Crippen LogP contribution in [0.25, 0.3) is 0 Å². The van der Waals surface area contributed by atoms with E-state index in [-0.39, 0.29) is 41.2 Å². The van der Waals surface area contributed by atoms with Gasteiger partial charge in [-0.3, -0.25) is 19.2 Å². The third-order valence-electron chi connectivity index (χ3n) is 5.69. The number of carbonyl (C=O) groups is 5. The van der Waals surface area contributed by atoms with Crippen LogP contribution >= 0.6 is 0 Å². The van der Waals surface area contributed by atoms with Gasteiger partial charge in [-0.05, 0) is 49.7 Å². The SMILES string of the molecule is CCOC(=O)Cc1c(C(=O)OCC)cc(NC(=O)c2ccccc2)c2c1C(=O)N(c1ccccc1)C2=O. The van der Waals surface area contributed by atoms with E-state index in [9.17, 15) is 24.0 Å². The number of ether oxygens (including phenoxy) is 2. The summed E-state index contributed by atoms with van der Waals surface area (Å²) in [5, 5.41) is 2.66. The van der Waals surface area contributed by atoms with Crippen LogP contribution in [0.1, 0.15) is 60.8 Å². The summed E-state index contributed by atoms with van der Waals surface area (Å²) in [7, 11) is 0. The molecule has 4 rings (SSSR count). The maximum Gasteiger partial charge on any atom is 0.338 e. The van der Waals surface area contributed by atoms with Crippen LogP contribution in [0.15, 0.2) is 66.7 Å². The fraction of sp³-hybridized carbons (Fsp3) is 0.179. The highest BCUT2D eigenvalue weighted by atomic mass is 16.5. The Kier molecular flexibility index (Phi) is 7.43. The summed E-state index contributed by atoms with van der Waals surface area (Å²) < 4.78 is 10.2. The Balaban J connectivity index is 1.93. The predicted octanol–water partition coefficient (Wildman–Crippen LogP) is 4.02. The lowest BCUT2D eigenvalue weighted by atomic mass is 9.93. The molecule has 0 atom stereocenters. The molecule has 0 aliphatic carbocycles. The first-order valence-corrected chi connectivity index (χ1v) is 11.7. The largest absolute Gasteiger partial charge is 0.466 e. The van der Waals surface area contributed by atoms with Crippen molar-refractivity contribution in [1.82, 2.24) is 0 Å². The molecule has 3 aromatic carbocycles. The maximum absolute atomic E-state index is 13.7. The maximum atomic E-state index is 13.7. The average molecular weight is 501 g/mol. The number of imide groups is 1. The van der Waals surface area contributed by atoms with Gasteiger partial charge in [-0.15, -0.1) is 0 Å². The molecule has 0 aromatic heterocycles. The highest BCUT2D eigenvalue weighted by Crippen LogP contribution is 2.38. The lowest BCUT2D eigenvalue weighted by Crippen LogP contribution is -2.29. The molecule has 0 radical (unpaired) electrons. The minimum absolute atomic E-state index is 0.00129. The average Bonchev–Trinajstić information content (AvgIpc) is 3.16. The van der Waals surface area contributed by atoms with Gasteiger partial charge < -0.3 is 14.8 Å². The zero-order valence-corrected chi connectivity index (χ0v) is 20.3. The number of rotatable bonds is 8. The molecule has 3 aromatic rings. The smallest absolute Gasteiger partial charge is 0.338 e. The third-order valence-corrected chi connectivity index (χ3v) is 5.69. The highest BCUT2D eigenvalue weighted by molar-refractivity contribution is 6.37. The fourth-order valence-electron chi connectivity index (χ4n) is 4.12. The topological polar surface area (TPSA) is 119 Å². The second-order valence-corrected chi connectivity index (χ2v) is 8.00. The first kappa shape index (κ1) is 25.3. The first-order chi connectivity index (χ1) is 17.9. The van der Waals surface area contributed by atoms with Crippen molar-refractivity contribution in [1.29, 1.82) is 0 Å². The number of esters is 2. The number of fused-ring (bicyclic) bond motifs is 1. The van der Waals surface area contributed by atoms with E-state index in [1.54, 1.807) is 74.5 Å². The molecule has 1 heterocycles. The van der Waals surface area contributed by atoms with E-state index < -0.39 is 36.1 Å². The molecule has 0 saturated carbocycles. The zero-order chi connectivity index (χ0) is 26.5. The van der Waals surface area contributed by atoms with Crippen LogP contribution in [0.3, 0.4) is 0 Å². The van der Waals surface area contributed by atoms with Crippen molar-refractivity contribution in [2.24, 2.45) is 0 Å². The minimum atomic E-state index is -0.807. The van der Waals surface area contributed by atoms with Gasteiger partial charge >= 0.3 is 11.9 Å². The number of carbonyl (C=O) groups excluding carboxylic acids is 5. The van der Waals surface area contributed by atoms with Gasteiger partial charge in [0, 0.05) is 5.56 Å². The van der Waals surface area contributed by atoms with E-state index in [2.05, 4.69) is 5.32 Å². The van der Waals surface area contributed by atoms with Crippen molar-refractivity contribution >= 4 is 41.0 Å². The molecule has 0 bridgehead atoms. The number of anilines is 2. The lowest BCUT2D eigenvalue weighted by Gasteiger charge is -2.16. The summed E-state index contributed by atoms with van der Waals surface area (Å²) in [6, 6.07) is 17.8. The van der Waals surface area contributed by atoms with Crippen molar-refractivity contribution in [3.63, 3.8) is 0 Å². The molecule has 1 aliphatic rings. The first-order valence-electron chi connectivity index (χ1n) is 11.7. The molecule has 0 fully saturated rings. The summed E-state index contributed by atoms with van der Waals surface area (Å²) in [5.41, 5.74) is 0.169. The van der Waals surface area contributed by atoms with Crippen LogP contribution in [-0.4, -0.2) is 42.9 Å². The summed E-state index contributed by atoms with van der Waals surface area (Å²) in [5.74, 6) is -3.47. The van der Waals surface area contributed by atoms with E-state index in [4.69, 9.17) is 9.47 Å². The molecule has 37 heavy (non-hydrogen) atoms. The Morgan fingerprint density at radius 2 is 1.41 bits per heavy atom. The van der Waals surface area contributed by atoms with Gasteiger partial charge in [0.1, 0.15) is 0 Å². The Bertz CT molecular complexity index is 1380. The van der Waals surface area contributed by atoms with E-state index in [0.29, 0.717) is 11.3 Å². The van der Waals surface area contributed by atoms with Gasteiger partial charge in [-0.2, -0.15) is 0 Å². The Hall–Kier alpha value is -4.79. The molecule has 1 N–H and O–H groups in total. The Labute approximate surface area is 213 Å². The van der Waals surface area contributed by atoms with Gasteiger partial charge in [0.25, 0.3) is 17.7 Å². The van der Waals surface area contributed by atoms with Gasteiger partial charge in [0.15, 0.2) is 0 Å². The molecular weight excluding hydrogens is 476 g/mol. The Morgan fingerprint density at radius 3 is 2.03 bits per heavy atom. The number of para-hydroxylation sites is 1. The fourth-order valence-corrected chi connectivity index (χ4v) is 4.12. The van der Waals surface area contributed by atoms with Crippen molar-refractivity contribution in [2.75, 3.05) is 23.4 Å². The number of amides is 3. The van der Waals surface area contributed by atoms with Crippen LogP contribution in [0, 0.1) is 0 Å².